The number of halogens is 3. The number of nitrogens with one attached hydrogen (secondary N) is 1. The van der Waals surface area contributed by atoms with Gasteiger partial charge in [0, 0.05) is 23.1 Å². The van der Waals surface area contributed by atoms with Gasteiger partial charge >= 0.3 is 0 Å². The first-order valence-electron chi connectivity index (χ1n) is 9.79. The second kappa shape index (κ2) is 10.2. The van der Waals surface area contributed by atoms with E-state index < -0.39 is 0 Å². The Morgan fingerprint density at radius 1 is 1.00 bits per heavy atom. The molecule has 164 valence electrons. The first kappa shape index (κ1) is 22.4. The zero-order valence-electron chi connectivity index (χ0n) is 17.1. The number of hydrogen-bond donors (Lipinski definition) is 2. The molecule has 8 heteroatoms. The summed E-state index contributed by atoms with van der Waals surface area (Å²) in [5, 5.41) is 3.75. The summed E-state index contributed by atoms with van der Waals surface area (Å²) in [6.07, 6.45) is 3.02. The number of benzene rings is 3. The Morgan fingerprint density at radius 3 is 2.48 bits per heavy atom. The molecule has 1 aromatic heterocycles. The lowest BCUT2D eigenvalue weighted by molar-refractivity contribution is 0.306. The minimum absolute atomic E-state index is 0.126. The molecule has 1 heterocycles. The Bertz CT molecular complexity index is 1330. The van der Waals surface area contributed by atoms with Gasteiger partial charge in [-0.2, -0.15) is 0 Å². The van der Waals surface area contributed by atoms with Crippen LogP contribution in [0.4, 0.5) is 21.6 Å². The molecule has 33 heavy (non-hydrogen) atoms. The molecule has 4 rings (SSSR count). The van der Waals surface area contributed by atoms with Crippen LogP contribution in [0.15, 0.2) is 73.2 Å². The molecule has 0 radical (unpaired) electrons. The molecule has 0 bridgehead atoms. The third-order valence-electron chi connectivity index (χ3n) is 4.50. The maximum Gasteiger partial charge on any atom is 0.157 e. The van der Waals surface area contributed by atoms with Gasteiger partial charge in [0.15, 0.2) is 5.75 Å². The molecule has 0 saturated carbocycles. The van der Waals surface area contributed by atoms with Crippen LogP contribution in [-0.2, 0) is 6.61 Å². The molecule has 0 aliphatic carbocycles. The number of anilines is 3. The lowest BCUT2D eigenvalue weighted by Gasteiger charge is -2.13. The van der Waals surface area contributed by atoms with Crippen molar-refractivity contribution in [3.63, 3.8) is 0 Å². The maximum absolute atomic E-state index is 13.4. The van der Waals surface area contributed by atoms with Gasteiger partial charge in [-0.1, -0.05) is 47.2 Å². The molecule has 4 aromatic rings. The Kier molecular flexibility index (Phi) is 6.94. The van der Waals surface area contributed by atoms with Gasteiger partial charge in [-0.15, -0.1) is 0 Å². The monoisotopic (exact) mass is 478 g/mol. The van der Waals surface area contributed by atoms with Gasteiger partial charge in [-0.25, -0.2) is 14.4 Å². The lowest BCUT2D eigenvalue weighted by atomic mass is 10.2. The zero-order valence-corrected chi connectivity index (χ0v) is 18.7. The predicted molar refractivity (Wildman–Crippen MR) is 129 cm³/mol. The molecule has 0 aliphatic heterocycles. The van der Waals surface area contributed by atoms with Gasteiger partial charge in [0.2, 0.25) is 0 Å². The number of hydrogen-bond acceptors (Lipinski definition) is 5. The summed E-state index contributed by atoms with van der Waals surface area (Å²) in [6.45, 7) is 0.126. The van der Waals surface area contributed by atoms with E-state index in [9.17, 15) is 4.39 Å². The minimum Gasteiger partial charge on any atom is -0.486 e. The second-order valence-electron chi connectivity index (χ2n) is 6.97. The van der Waals surface area contributed by atoms with Crippen LogP contribution >= 0.6 is 23.2 Å². The summed E-state index contributed by atoms with van der Waals surface area (Å²) in [5.74, 6) is 6.57. The van der Waals surface area contributed by atoms with E-state index in [1.807, 2.05) is 12.1 Å². The number of aromatic nitrogens is 2. The van der Waals surface area contributed by atoms with E-state index in [2.05, 4.69) is 27.1 Å². The number of nitrogens with zero attached hydrogens (tertiary/aromatic N) is 2. The molecule has 5 nitrogen and oxygen atoms in total. The van der Waals surface area contributed by atoms with Crippen LogP contribution in [0.25, 0.3) is 0 Å². The Hall–Kier alpha value is -3.79. The van der Waals surface area contributed by atoms with E-state index in [0.717, 1.165) is 5.56 Å². The zero-order chi connectivity index (χ0) is 23.2. The number of nitrogens with two attached hydrogens (primary N) is 1. The van der Waals surface area contributed by atoms with Crippen LogP contribution in [0.1, 0.15) is 16.7 Å². The molecule has 0 spiro atoms. The van der Waals surface area contributed by atoms with Crippen LogP contribution in [0.3, 0.4) is 0 Å². The van der Waals surface area contributed by atoms with Crippen molar-refractivity contribution in [2.75, 3.05) is 11.1 Å². The van der Waals surface area contributed by atoms with Gasteiger partial charge in [-0.05, 0) is 54.1 Å². The van der Waals surface area contributed by atoms with Gasteiger partial charge in [0.25, 0.3) is 0 Å². The Labute approximate surface area is 200 Å². The first-order valence-corrected chi connectivity index (χ1v) is 10.5. The highest BCUT2D eigenvalue weighted by Crippen LogP contribution is 2.37. The van der Waals surface area contributed by atoms with E-state index in [0.29, 0.717) is 44.1 Å². The van der Waals surface area contributed by atoms with E-state index in [1.165, 1.54) is 18.5 Å². The normalized spacial score (nSPS) is 10.3. The largest absolute Gasteiger partial charge is 0.486 e. The van der Waals surface area contributed by atoms with Crippen molar-refractivity contribution >= 4 is 40.4 Å². The predicted octanol–water partition coefficient (Wildman–Crippen LogP) is 6.23. The number of nitrogen functional groups attached to an aromatic ring is 1. The van der Waals surface area contributed by atoms with Crippen molar-refractivity contribution in [2.45, 2.75) is 6.61 Å². The van der Waals surface area contributed by atoms with Crippen LogP contribution in [-0.4, -0.2) is 9.97 Å². The first-order chi connectivity index (χ1) is 16.0. The van der Waals surface area contributed by atoms with Crippen LogP contribution < -0.4 is 15.8 Å². The molecule has 3 N–H and O–H groups in total. The van der Waals surface area contributed by atoms with Gasteiger partial charge < -0.3 is 15.8 Å². The highest BCUT2D eigenvalue weighted by molar-refractivity contribution is 6.37. The summed E-state index contributed by atoms with van der Waals surface area (Å²) in [4.78, 5) is 8.32. The van der Waals surface area contributed by atoms with Crippen LogP contribution in [0, 0.1) is 17.7 Å². The van der Waals surface area contributed by atoms with Gasteiger partial charge in [-0.3, -0.25) is 0 Å². The highest BCUT2D eigenvalue weighted by Gasteiger charge is 2.12. The SMILES string of the molecule is Nc1ccc(C#Cc2cncnc2Nc2cc(Cl)c(OCc3cccc(F)c3)c(Cl)c2)cc1. The summed E-state index contributed by atoms with van der Waals surface area (Å²) in [5.41, 5.74) is 9.04. The molecule has 0 aliphatic rings. The Balaban J connectivity index is 1.52. The molecule has 0 fully saturated rings. The van der Waals surface area contributed by atoms with Gasteiger partial charge in [0.05, 0.1) is 15.6 Å². The molecule has 0 unspecified atom stereocenters. The molecule has 0 amide bonds. The summed E-state index contributed by atoms with van der Waals surface area (Å²) >= 11 is 12.8. The van der Waals surface area contributed by atoms with Crippen molar-refractivity contribution in [1.82, 2.24) is 9.97 Å². The summed E-state index contributed by atoms with van der Waals surface area (Å²) in [7, 11) is 0. The van der Waals surface area contributed by atoms with Gasteiger partial charge in [0.1, 0.15) is 24.6 Å². The van der Waals surface area contributed by atoms with E-state index >= 15 is 0 Å². The minimum atomic E-state index is -0.340. The average Bonchev–Trinajstić information content (AvgIpc) is 2.79. The molecular formula is C25H17Cl2FN4O. The third-order valence-corrected chi connectivity index (χ3v) is 5.06. The molecular weight excluding hydrogens is 462 g/mol. The summed E-state index contributed by atoms with van der Waals surface area (Å²) < 4.78 is 19.1. The van der Waals surface area contributed by atoms with Crippen LogP contribution in [0.2, 0.25) is 10.0 Å². The van der Waals surface area contributed by atoms with Crippen molar-refractivity contribution < 1.29 is 9.13 Å². The van der Waals surface area contributed by atoms with Crippen molar-refractivity contribution in [3.05, 3.63) is 106 Å². The number of ether oxygens (including phenoxy) is 1. The molecule has 0 atom stereocenters. The van der Waals surface area contributed by atoms with E-state index in [4.69, 9.17) is 33.7 Å². The fraction of sp³-hybridized carbons (Fsp3) is 0.0400. The fourth-order valence-electron chi connectivity index (χ4n) is 2.92. The molecule has 3 aromatic carbocycles. The topological polar surface area (TPSA) is 73.1 Å². The fourth-order valence-corrected chi connectivity index (χ4v) is 3.51. The van der Waals surface area contributed by atoms with E-state index in [-0.39, 0.29) is 12.4 Å². The quantitative estimate of drug-likeness (QED) is 0.262. The highest BCUT2D eigenvalue weighted by atomic mass is 35.5. The smallest absolute Gasteiger partial charge is 0.157 e. The third kappa shape index (κ3) is 5.92. The standard InChI is InChI=1S/C25H17Cl2FN4O/c26-22-11-21(12-23(27)24(22)33-14-17-2-1-3-19(28)10-17)32-25-18(13-30-15-31-25)7-4-16-5-8-20(29)9-6-16/h1-3,5-6,8-13,15H,14,29H2,(H,30,31,32). The summed E-state index contributed by atoms with van der Waals surface area (Å²) in [6, 6.07) is 16.7. The Morgan fingerprint density at radius 2 is 1.76 bits per heavy atom. The maximum atomic E-state index is 13.4. The van der Waals surface area contributed by atoms with Crippen LogP contribution in [0.5, 0.6) is 5.75 Å². The van der Waals surface area contributed by atoms with Crippen molar-refractivity contribution in [1.29, 1.82) is 0 Å². The van der Waals surface area contributed by atoms with E-state index in [1.54, 1.807) is 42.6 Å². The second-order valence-corrected chi connectivity index (χ2v) is 7.78. The average molecular weight is 479 g/mol. The number of rotatable bonds is 5. The lowest BCUT2D eigenvalue weighted by Crippen LogP contribution is -2.00. The van der Waals surface area contributed by atoms with Crippen molar-refractivity contribution in [3.8, 4) is 17.6 Å². The molecule has 0 saturated heterocycles. The van der Waals surface area contributed by atoms with Crippen molar-refractivity contribution in [2.24, 2.45) is 0 Å².